The van der Waals surface area contributed by atoms with Gasteiger partial charge in [-0.15, -0.1) is 35.3 Å². The van der Waals surface area contributed by atoms with E-state index in [1.807, 2.05) is 18.4 Å². The first-order chi connectivity index (χ1) is 14.2. The number of aliphatic imine (C=N–C) groups is 1. The molecule has 172 valence electrons. The van der Waals surface area contributed by atoms with Crippen LogP contribution in [0.2, 0.25) is 0 Å². The molecule has 30 heavy (non-hydrogen) atoms. The molecule has 3 heterocycles. The molecule has 3 rings (SSSR count). The number of nitrogens with one attached hydrogen (secondary N) is 2. The van der Waals surface area contributed by atoms with Crippen LogP contribution in [0.25, 0.3) is 0 Å². The summed E-state index contributed by atoms with van der Waals surface area (Å²) in [5, 5.41) is 7.08. The zero-order valence-electron chi connectivity index (χ0n) is 18.6. The van der Waals surface area contributed by atoms with Gasteiger partial charge in [0.1, 0.15) is 0 Å². The van der Waals surface area contributed by atoms with Gasteiger partial charge >= 0.3 is 0 Å². The quantitative estimate of drug-likeness (QED) is 0.294. The van der Waals surface area contributed by atoms with Crippen LogP contribution in [0.1, 0.15) is 22.7 Å². The van der Waals surface area contributed by atoms with E-state index in [1.165, 1.54) is 9.75 Å². The van der Waals surface area contributed by atoms with Crippen LogP contribution in [-0.2, 0) is 9.47 Å². The second kappa shape index (κ2) is 13.8. The first kappa shape index (κ1) is 25.8. The molecular formula is C21H38IN5O2S. The minimum atomic E-state index is 0. The van der Waals surface area contributed by atoms with Crippen molar-refractivity contribution in [2.24, 2.45) is 10.9 Å². The summed E-state index contributed by atoms with van der Waals surface area (Å²) in [7, 11) is 1.85. The lowest BCUT2D eigenvalue weighted by Crippen LogP contribution is -2.47. The lowest BCUT2D eigenvalue weighted by Gasteiger charge is -2.34. The van der Waals surface area contributed by atoms with E-state index in [-0.39, 0.29) is 24.0 Å². The van der Waals surface area contributed by atoms with Crippen LogP contribution in [0, 0.1) is 12.8 Å². The zero-order chi connectivity index (χ0) is 20.5. The van der Waals surface area contributed by atoms with E-state index in [0.29, 0.717) is 12.0 Å². The lowest BCUT2D eigenvalue weighted by molar-refractivity contribution is 0.0177. The summed E-state index contributed by atoms with van der Waals surface area (Å²) in [6.45, 7) is 14.7. The van der Waals surface area contributed by atoms with E-state index >= 15 is 0 Å². The predicted molar refractivity (Wildman–Crippen MR) is 135 cm³/mol. The normalized spacial score (nSPS) is 21.0. The molecule has 7 nitrogen and oxygen atoms in total. The number of nitrogens with zero attached hydrogens (tertiary/aromatic N) is 3. The molecule has 2 unspecified atom stereocenters. The summed E-state index contributed by atoms with van der Waals surface area (Å²) in [5.74, 6) is 1.44. The van der Waals surface area contributed by atoms with Crippen molar-refractivity contribution in [2.45, 2.75) is 19.9 Å². The maximum Gasteiger partial charge on any atom is 0.191 e. The topological polar surface area (TPSA) is 61.4 Å². The average molecular weight is 552 g/mol. The Morgan fingerprint density at radius 3 is 2.30 bits per heavy atom. The van der Waals surface area contributed by atoms with Crippen LogP contribution in [0.5, 0.6) is 0 Å². The summed E-state index contributed by atoms with van der Waals surface area (Å²) in [6, 6.07) is 4.83. The highest BCUT2D eigenvalue weighted by Crippen LogP contribution is 2.27. The van der Waals surface area contributed by atoms with E-state index < -0.39 is 0 Å². The number of guanidine groups is 1. The Bertz CT molecular complexity index is 633. The molecule has 2 aliphatic rings. The summed E-state index contributed by atoms with van der Waals surface area (Å²) in [5.41, 5.74) is 0. The van der Waals surface area contributed by atoms with Gasteiger partial charge in [0.15, 0.2) is 5.96 Å². The van der Waals surface area contributed by atoms with Crippen LogP contribution in [0.15, 0.2) is 17.1 Å². The summed E-state index contributed by atoms with van der Waals surface area (Å²) < 4.78 is 11.0. The van der Waals surface area contributed by atoms with Gasteiger partial charge in [0.25, 0.3) is 0 Å². The highest BCUT2D eigenvalue weighted by molar-refractivity contribution is 14.0. The van der Waals surface area contributed by atoms with Crippen LogP contribution < -0.4 is 10.6 Å². The highest BCUT2D eigenvalue weighted by atomic mass is 127. The molecule has 9 heteroatoms. The van der Waals surface area contributed by atoms with E-state index in [0.717, 1.165) is 78.2 Å². The number of aryl methyl sites for hydroxylation is 1. The fourth-order valence-electron chi connectivity index (χ4n) is 3.91. The SMILES string of the molecule is CN=C(NCC(C)CN1CCOCC1)NCC(c1ccc(C)s1)N1CCOCC1.I. The molecular weight excluding hydrogens is 513 g/mol. The maximum atomic E-state index is 5.56. The zero-order valence-corrected chi connectivity index (χ0v) is 21.7. The fourth-order valence-corrected chi connectivity index (χ4v) is 4.92. The van der Waals surface area contributed by atoms with Gasteiger partial charge in [-0.1, -0.05) is 6.92 Å². The Morgan fingerprint density at radius 1 is 1.07 bits per heavy atom. The average Bonchev–Trinajstić information content (AvgIpc) is 3.18. The smallest absolute Gasteiger partial charge is 0.191 e. The minimum absolute atomic E-state index is 0. The van der Waals surface area contributed by atoms with Crippen molar-refractivity contribution in [2.75, 3.05) is 79.3 Å². The molecule has 0 aliphatic carbocycles. The van der Waals surface area contributed by atoms with Crippen LogP contribution in [0.4, 0.5) is 0 Å². The molecule has 0 spiro atoms. The molecule has 0 saturated carbocycles. The van der Waals surface area contributed by atoms with Gasteiger partial charge in [0.2, 0.25) is 0 Å². The molecule has 2 fully saturated rings. The van der Waals surface area contributed by atoms with Gasteiger partial charge in [0, 0.05) is 62.6 Å². The van der Waals surface area contributed by atoms with Gasteiger partial charge in [-0.3, -0.25) is 14.8 Å². The van der Waals surface area contributed by atoms with E-state index in [9.17, 15) is 0 Å². The van der Waals surface area contributed by atoms with Gasteiger partial charge in [0.05, 0.1) is 32.5 Å². The number of thiophene rings is 1. The molecule has 2 N–H and O–H groups in total. The third-order valence-electron chi connectivity index (χ3n) is 5.55. The third kappa shape index (κ3) is 8.23. The van der Waals surface area contributed by atoms with Gasteiger partial charge in [-0.25, -0.2) is 0 Å². The minimum Gasteiger partial charge on any atom is -0.379 e. The van der Waals surface area contributed by atoms with Crippen LogP contribution in [-0.4, -0.2) is 95.0 Å². The number of morpholine rings is 2. The van der Waals surface area contributed by atoms with Crippen molar-refractivity contribution >= 4 is 41.3 Å². The maximum absolute atomic E-state index is 5.56. The number of halogens is 1. The van der Waals surface area contributed by atoms with E-state index in [1.54, 1.807) is 0 Å². The molecule has 2 atom stereocenters. The van der Waals surface area contributed by atoms with Crippen molar-refractivity contribution < 1.29 is 9.47 Å². The Kier molecular flexibility index (Phi) is 11.9. The fraction of sp³-hybridized carbons (Fsp3) is 0.762. The molecule has 0 radical (unpaired) electrons. The molecule has 2 saturated heterocycles. The number of ether oxygens (including phenoxy) is 2. The van der Waals surface area contributed by atoms with Crippen molar-refractivity contribution in [1.82, 2.24) is 20.4 Å². The first-order valence-electron chi connectivity index (χ1n) is 10.8. The van der Waals surface area contributed by atoms with Crippen molar-refractivity contribution in [3.05, 3.63) is 21.9 Å². The van der Waals surface area contributed by atoms with Crippen LogP contribution in [0.3, 0.4) is 0 Å². The molecule has 0 amide bonds. The second-order valence-electron chi connectivity index (χ2n) is 7.96. The van der Waals surface area contributed by atoms with E-state index in [4.69, 9.17) is 9.47 Å². The van der Waals surface area contributed by atoms with Crippen molar-refractivity contribution in [1.29, 1.82) is 0 Å². The molecule has 1 aromatic heterocycles. The number of rotatable bonds is 8. The first-order valence-corrected chi connectivity index (χ1v) is 11.6. The summed E-state index contributed by atoms with van der Waals surface area (Å²) in [6.07, 6.45) is 0. The van der Waals surface area contributed by atoms with Crippen molar-refractivity contribution in [3.63, 3.8) is 0 Å². The Labute approximate surface area is 202 Å². The Hall–Kier alpha value is -0.460. The highest BCUT2D eigenvalue weighted by Gasteiger charge is 2.24. The summed E-state index contributed by atoms with van der Waals surface area (Å²) in [4.78, 5) is 12.2. The Balaban J connectivity index is 0.00000320. The molecule has 2 aliphatic heterocycles. The van der Waals surface area contributed by atoms with Crippen LogP contribution >= 0.6 is 35.3 Å². The summed E-state index contributed by atoms with van der Waals surface area (Å²) >= 11 is 1.89. The molecule has 0 bridgehead atoms. The van der Waals surface area contributed by atoms with Gasteiger partial charge in [-0.2, -0.15) is 0 Å². The number of hydrogen-bond donors (Lipinski definition) is 2. The predicted octanol–water partition coefficient (Wildman–Crippen LogP) is 2.18. The second-order valence-corrected chi connectivity index (χ2v) is 9.28. The van der Waals surface area contributed by atoms with Crippen molar-refractivity contribution in [3.8, 4) is 0 Å². The number of hydrogen-bond acceptors (Lipinski definition) is 6. The lowest BCUT2D eigenvalue weighted by atomic mass is 10.1. The van der Waals surface area contributed by atoms with E-state index in [2.05, 4.69) is 51.4 Å². The standard InChI is InChI=1S/C21H37N5O2S.HI/c1-17(16-25-6-10-27-11-7-25)14-23-21(22-3)24-15-19(20-5-4-18(2)29-20)26-8-12-28-13-9-26;/h4-5,17,19H,6-16H2,1-3H3,(H2,22,23,24);1H. The van der Waals surface area contributed by atoms with Gasteiger partial charge < -0.3 is 20.1 Å². The van der Waals surface area contributed by atoms with Gasteiger partial charge in [-0.05, 0) is 25.0 Å². The third-order valence-corrected chi connectivity index (χ3v) is 6.66. The molecule has 0 aromatic carbocycles. The molecule has 1 aromatic rings. The monoisotopic (exact) mass is 551 g/mol. The largest absolute Gasteiger partial charge is 0.379 e. The Morgan fingerprint density at radius 2 is 1.70 bits per heavy atom.